The van der Waals surface area contributed by atoms with Gasteiger partial charge >= 0.3 is 6.18 Å². The monoisotopic (exact) mass is 479 g/mol. The first kappa shape index (κ1) is 23.4. The first-order chi connectivity index (χ1) is 15.7. The van der Waals surface area contributed by atoms with Crippen LogP contribution >= 0.6 is 11.6 Å². The summed E-state index contributed by atoms with van der Waals surface area (Å²) in [5.74, 6) is -0.217. The zero-order chi connectivity index (χ0) is 23.6. The van der Waals surface area contributed by atoms with E-state index < -0.39 is 11.7 Å². The lowest BCUT2D eigenvalue weighted by Crippen LogP contribution is -2.52. The Kier molecular flexibility index (Phi) is 6.83. The number of piperidine rings is 1. The van der Waals surface area contributed by atoms with E-state index in [2.05, 4.69) is 0 Å². The Bertz CT molecular complexity index is 1010. The molecule has 0 saturated carbocycles. The van der Waals surface area contributed by atoms with Crippen molar-refractivity contribution in [3.63, 3.8) is 0 Å². The Labute approximate surface area is 195 Å². The number of amides is 2. The van der Waals surface area contributed by atoms with Crippen molar-refractivity contribution in [3.8, 4) is 0 Å². The van der Waals surface area contributed by atoms with E-state index in [4.69, 9.17) is 11.6 Å². The molecule has 2 fully saturated rings. The Morgan fingerprint density at radius 3 is 2.15 bits per heavy atom. The van der Waals surface area contributed by atoms with Crippen LogP contribution in [0.15, 0.2) is 48.5 Å². The van der Waals surface area contributed by atoms with Gasteiger partial charge in [0, 0.05) is 50.9 Å². The van der Waals surface area contributed by atoms with E-state index in [0.717, 1.165) is 12.1 Å². The highest BCUT2D eigenvalue weighted by atomic mass is 35.5. The standard InChI is InChI=1S/C24H25ClF3N3O2/c25-21-7-2-1-6-20(21)23(33)30-10-8-17(9-11-30)22(32)31-14-12-29(13-15-31)19-5-3-4-18(16-19)24(26,27)28/h1-7,16-17H,8-15H2. The van der Waals surface area contributed by atoms with Gasteiger partial charge in [-0.15, -0.1) is 0 Å². The SMILES string of the molecule is O=C(c1ccccc1Cl)N1CCC(C(=O)N2CCN(c3cccc(C(F)(F)F)c3)CC2)CC1. The highest BCUT2D eigenvalue weighted by molar-refractivity contribution is 6.33. The summed E-state index contributed by atoms with van der Waals surface area (Å²) in [7, 11) is 0. The quantitative estimate of drug-likeness (QED) is 0.648. The molecule has 176 valence electrons. The van der Waals surface area contributed by atoms with Gasteiger partial charge in [0.05, 0.1) is 16.1 Å². The third-order valence-corrected chi connectivity index (χ3v) is 6.70. The molecule has 9 heteroatoms. The molecule has 2 aromatic rings. The topological polar surface area (TPSA) is 43.9 Å². The zero-order valence-electron chi connectivity index (χ0n) is 18.0. The van der Waals surface area contributed by atoms with Crippen LogP contribution in [0.1, 0.15) is 28.8 Å². The van der Waals surface area contributed by atoms with Crippen LogP contribution in [0, 0.1) is 5.92 Å². The predicted octanol–water partition coefficient (Wildman–Crippen LogP) is 4.56. The molecule has 0 spiro atoms. The summed E-state index contributed by atoms with van der Waals surface area (Å²) in [4.78, 5) is 31.1. The minimum atomic E-state index is -4.38. The summed E-state index contributed by atoms with van der Waals surface area (Å²) < 4.78 is 39.0. The Balaban J connectivity index is 1.29. The number of hydrogen-bond donors (Lipinski definition) is 0. The fraction of sp³-hybridized carbons (Fsp3) is 0.417. The molecule has 2 aromatic carbocycles. The van der Waals surface area contributed by atoms with Gasteiger partial charge in [0.15, 0.2) is 0 Å². The average Bonchev–Trinajstić information content (AvgIpc) is 2.83. The average molecular weight is 480 g/mol. The maximum atomic E-state index is 13.0. The lowest BCUT2D eigenvalue weighted by Gasteiger charge is -2.39. The van der Waals surface area contributed by atoms with E-state index >= 15 is 0 Å². The second-order valence-electron chi connectivity index (χ2n) is 8.41. The molecule has 2 aliphatic heterocycles. The maximum Gasteiger partial charge on any atom is 0.416 e. The van der Waals surface area contributed by atoms with Crippen molar-refractivity contribution in [1.82, 2.24) is 9.80 Å². The minimum Gasteiger partial charge on any atom is -0.368 e. The van der Waals surface area contributed by atoms with Crippen LogP contribution in [0.25, 0.3) is 0 Å². The predicted molar refractivity (Wildman–Crippen MR) is 120 cm³/mol. The van der Waals surface area contributed by atoms with Gasteiger partial charge in [-0.25, -0.2) is 0 Å². The Morgan fingerprint density at radius 2 is 1.52 bits per heavy atom. The highest BCUT2D eigenvalue weighted by Crippen LogP contribution is 2.32. The van der Waals surface area contributed by atoms with Crippen LogP contribution in [0.5, 0.6) is 0 Å². The van der Waals surface area contributed by atoms with E-state index in [1.807, 2.05) is 4.90 Å². The van der Waals surface area contributed by atoms with Gasteiger partial charge in [-0.2, -0.15) is 13.2 Å². The van der Waals surface area contributed by atoms with Crippen LogP contribution < -0.4 is 4.90 Å². The number of nitrogens with zero attached hydrogens (tertiary/aromatic N) is 3. The van der Waals surface area contributed by atoms with Crippen LogP contribution in [0.2, 0.25) is 5.02 Å². The summed E-state index contributed by atoms with van der Waals surface area (Å²) in [5.41, 5.74) is 0.314. The summed E-state index contributed by atoms with van der Waals surface area (Å²) in [6.45, 7) is 2.88. The molecule has 2 aliphatic rings. The van der Waals surface area contributed by atoms with E-state index in [0.29, 0.717) is 68.4 Å². The second kappa shape index (κ2) is 9.63. The number of hydrogen-bond acceptors (Lipinski definition) is 3. The second-order valence-corrected chi connectivity index (χ2v) is 8.81. The van der Waals surface area contributed by atoms with Crippen molar-refractivity contribution in [2.24, 2.45) is 5.92 Å². The fourth-order valence-corrected chi connectivity index (χ4v) is 4.67. The summed E-state index contributed by atoms with van der Waals surface area (Å²) in [5, 5.41) is 0.416. The number of piperazine rings is 1. The van der Waals surface area contributed by atoms with Crippen molar-refractivity contribution in [2.45, 2.75) is 19.0 Å². The van der Waals surface area contributed by atoms with E-state index in [-0.39, 0.29) is 17.7 Å². The van der Waals surface area contributed by atoms with Crippen molar-refractivity contribution in [3.05, 3.63) is 64.7 Å². The number of carbonyl (C=O) groups excluding carboxylic acids is 2. The number of anilines is 1. The molecule has 2 saturated heterocycles. The van der Waals surface area contributed by atoms with Gasteiger partial charge < -0.3 is 14.7 Å². The Morgan fingerprint density at radius 1 is 0.848 bits per heavy atom. The summed E-state index contributed by atoms with van der Waals surface area (Å²) in [6.07, 6.45) is -3.21. The van der Waals surface area contributed by atoms with Gasteiger partial charge in [-0.05, 0) is 43.2 Å². The molecular weight excluding hydrogens is 455 g/mol. The van der Waals surface area contributed by atoms with Gasteiger partial charge in [-0.3, -0.25) is 9.59 Å². The molecule has 2 heterocycles. The number of benzene rings is 2. The molecule has 0 N–H and O–H groups in total. The molecule has 0 radical (unpaired) electrons. The van der Waals surface area contributed by atoms with Gasteiger partial charge in [0.2, 0.25) is 5.91 Å². The first-order valence-corrected chi connectivity index (χ1v) is 11.4. The number of carbonyl (C=O) groups is 2. The molecule has 0 aromatic heterocycles. The van der Waals surface area contributed by atoms with Crippen molar-refractivity contribution in [2.75, 3.05) is 44.2 Å². The fourth-order valence-electron chi connectivity index (χ4n) is 4.46. The van der Waals surface area contributed by atoms with Crippen molar-refractivity contribution < 1.29 is 22.8 Å². The number of likely N-dealkylation sites (tertiary alicyclic amines) is 1. The lowest BCUT2D eigenvalue weighted by atomic mass is 9.94. The molecule has 4 rings (SSSR count). The van der Waals surface area contributed by atoms with Crippen LogP contribution in [-0.4, -0.2) is 60.9 Å². The van der Waals surface area contributed by atoms with Gasteiger partial charge in [0.1, 0.15) is 0 Å². The summed E-state index contributed by atoms with van der Waals surface area (Å²) in [6, 6.07) is 12.2. The maximum absolute atomic E-state index is 13.0. The molecule has 5 nitrogen and oxygen atoms in total. The zero-order valence-corrected chi connectivity index (χ0v) is 18.8. The molecule has 0 bridgehead atoms. The van der Waals surface area contributed by atoms with Crippen LogP contribution in [0.4, 0.5) is 18.9 Å². The molecule has 33 heavy (non-hydrogen) atoms. The minimum absolute atomic E-state index is 0.0588. The summed E-state index contributed by atoms with van der Waals surface area (Å²) >= 11 is 6.14. The normalized spacial score (nSPS) is 17.9. The van der Waals surface area contributed by atoms with Gasteiger partial charge in [0.25, 0.3) is 5.91 Å². The van der Waals surface area contributed by atoms with E-state index in [9.17, 15) is 22.8 Å². The molecule has 2 amide bonds. The third kappa shape index (κ3) is 5.27. The molecular formula is C24H25ClF3N3O2. The lowest BCUT2D eigenvalue weighted by molar-refractivity contribution is -0.138. The third-order valence-electron chi connectivity index (χ3n) is 6.37. The van der Waals surface area contributed by atoms with E-state index in [1.165, 1.54) is 6.07 Å². The van der Waals surface area contributed by atoms with Crippen molar-refractivity contribution in [1.29, 1.82) is 0 Å². The van der Waals surface area contributed by atoms with Crippen LogP contribution in [0.3, 0.4) is 0 Å². The molecule has 0 aliphatic carbocycles. The van der Waals surface area contributed by atoms with Crippen LogP contribution in [-0.2, 0) is 11.0 Å². The first-order valence-electron chi connectivity index (χ1n) is 11.0. The highest BCUT2D eigenvalue weighted by Gasteiger charge is 2.33. The molecule has 0 unspecified atom stereocenters. The van der Waals surface area contributed by atoms with Gasteiger partial charge in [-0.1, -0.05) is 29.8 Å². The number of alkyl halides is 3. The number of halogens is 4. The van der Waals surface area contributed by atoms with Crippen molar-refractivity contribution >= 4 is 29.1 Å². The largest absolute Gasteiger partial charge is 0.416 e. The smallest absolute Gasteiger partial charge is 0.368 e. The molecule has 0 atom stereocenters. The Hall–Kier alpha value is -2.74. The number of rotatable bonds is 3. The van der Waals surface area contributed by atoms with E-state index in [1.54, 1.807) is 40.1 Å².